The Kier molecular flexibility index (Phi) is 2.93. The first-order valence-electron chi connectivity index (χ1n) is 7.51. The smallest absolute Gasteiger partial charge is 0.262 e. The highest BCUT2D eigenvalue weighted by molar-refractivity contribution is 6.03. The molecule has 0 N–H and O–H groups in total. The van der Waals surface area contributed by atoms with Crippen LogP contribution in [0.5, 0.6) is 0 Å². The molecule has 3 aromatic rings. The third-order valence-corrected chi connectivity index (χ3v) is 4.33. The third-order valence-electron chi connectivity index (χ3n) is 4.33. The lowest BCUT2D eigenvalue weighted by Gasteiger charge is -2.14. The van der Waals surface area contributed by atoms with Crippen molar-refractivity contribution in [3.05, 3.63) is 71.5 Å². The van der Waals surface area contributed by atoms with E-state index in [0.29, 0.717) is 17.5 Å². The summed E-state index contributed by atoms with van der Waals surface area (Å²) in [6.45, 7) is 0. The second kappa shape index (κ2) is 4.95. The van der Waals surface area contributed by atoms with E-state index in [2.05, 4.69) is 0 Å². The molecule has 0 unspecified atom stereocenters. The van der Waals surface area contributed by atoms with Crippen LogP contribution in [0.25, 0.3) is 10.8 Å². The minimum absolute atomic E-state index is 0.0679. The molecule has 3 nitrogen and oxygen atoms in total. The average Bonchev–Trinajstić information content (AvgIpc) is 2.99. The molecule has 108 valence electrons. The van der Waals surface area contributed by atoms with Crippen molar-refractivity contribution >= 4 is 22.5 Å². The Morgan fingerprint density at radius 3 is 2.64 bits per heavy atom. The van der Waals surface area contributed by atoms with Gasteiger partial charge in [0.25, 0.3) is 5.91 Å². The SMILES string of the molecule is O=C1CCCc2c1ccn2C(=O)c1ccc2ccccc2c1. The highest BCUT2D eigenvalue weighted by Gasteiger charge is 2.23. The van der Waals surface area contributed by atoms with Crippen molar-refractivity contribution in [2.75, 3.05) is 0 Å². The maximum atomic E-state index is 12.8. The summed E-state index contributed by atoms with van der Waals surface area (Å²) in [6.07, 6.45) is 3.92. The zero-order valence-electron chi connectivity index (χ0n) is 12.1. The molecule has 0 atom stereocenters. The molecule has 3 heteroatoms. The number of hydrogen-bond acceptors (Lipinski definition) is 2. The van der Waals surface area contributed by atoms with Gasteiger partial charge < -0.3 is 0 Å². The molecule has 0 saturated heterocycles. The lowest BCUT2D eigenvalue weighted by atomic mass is 9.96. The normalized spacial score (nSPS) is 14.1. The summed E-state index contributed by atoms with van der Waals surface area (Å²) in [4.78, 5) is 24.7. The highest BCUT2D eigenvalue weighted by Crippen LogP contribution is 2.24. The van der Waals surface area contributed by atoms with Crippen molar-refractivity contribution in [3.63, 3.8) is 0 Å². The number of rotatable bonds is 1. The molecule has 1 aliphatic carbocycles. The van der Waals surface area contributed by atoms with Crippen LogP contribution in [0.3, 0.4) is 0 Å². The number of ketones is 1. The molecule has 4 rings (SSSR count). The van der Waals surface area contributed by atoms with Gasteiger partial charge >= 0.3 is 0 Å². The van der Waals surface area contributed by atoms with Crippen LogP contribution in [0.4, 0.5) is 0 Å². The summed E-state index contributed by atoms with van der Waals surface area (Å²) in [7, 11) is 0. The molecule has 0 spiro atoms. The van der Waals surface area contributed by atoms with Crippen molar-refractivity contribution < 1.29 is 9.59 Å². The van der Waals surface area contributed by atoms with E-state index in [0.717, 1.165) is 29.3 Å². The topological polar surface area (TPSA) is 39.1 Å². The van der Waals surface area contributed by atoms with Gasteiger partial charge in [0, 0.05) is 29.4 Å². The van der Waals surface area contributed by atoms with Gasteiger partial charge in [0.05, 0.1) is 0 Å². The van der Waals surface area contributed by atoms with Crippen LogP contribution >= 0.6 is 0 Å². The van der Waals surface area contributed by atoms with Crippen LogP contribution in [-0.4, -0.2) is 16.3 Å². The van der Waals surface area contributed by atoms with Gasteiger partial charge in [-0.05, 0) is 41.8 Å². The second-order valence-electron chi connectivity index (χ2n) is 5.69. The van der Waals surface area contributed by atoms with Crippen LogP contribution in [0, 0.1) is 0 Å². The molecule has 1 heterocycles. The van der Waals surface area contributed by atoms with Crippen LogP contribution < -0.4 is 0 Å². The minimum Gasteiger partial charge on any atom is -0.294 e. The fourth-order valence-corrected chi connectivity index (χ4v) is 3.18. The first kappa shape index (κ1) is 13.0. The zero-order chi connectivity index (χ0) is 15.1. The Morgan fingerprint density at radius 2 is 1.77 bits per heavy atom. The summed E-state index contributed by atoms with van der Waals surface area (Å²) in [5, 5.41) is 2.16. The van der Waals surface area contributed by atoms with Gasteiger partial charge in [-0.15, -0.1) is 0 Å². The van der Waals surface area contributed by atoms with Crippen LogP contribution in [0.1, 0.15) is 39.3 Å². The van der Waals surface area contributed by atoms with E-state index in [1.54, 1.807) is 16.8 Å². The molecule has 2 aromatic carbocycles. The van der Waals surface area contributed by atoms with Gasteiger partial charge in [-0.2, -0.15) is 0 Å². The van der Waals surface area contributed by atoms with Crippen LogP contribution in [-0.2, 0) is 6.42 Å². The molecule has 1 aromatic heterocycles. The van der Waals surface area contributed by atoms with E-state index in [-0.39, 0.29) is 11.7 Å². The molecule has 0 aliphatic heterocycles. The van der Waals surface area contributed by atoms with Gasteiger partial charge in [0.15, 0.2) is 5.78 Å². The summed E-state index contributed by atoms with van der Waals surface area (Å²) in [5.41, 5.74) is 2.21. The van der Waals surface area contributed by atoms with E-state index in [4.69, 9.17) is 0 Å². The highest BCUT2D eigenvalue weighted by atomic mass is 16.2. The number of carbonyl (C=O) groups excluding carboxylic acids is 2. The summed E-state index contributed by atoms with van der Waals surface area (Å²) >= 11 is 0. The fourth-order valence-electron chi connectivity index (χ4n) is 3.18. The lowest BCUT2D eigenvalue weighted by molar-refractivity contribution is 0.0953. The number of aromatic nitrogens is 1. The minimum atomic E-state index is -0.0679. The Labute approximate surface area is 128 Å². The molecule has 22 heavy (non-hydrogen) atoms. The van der Waals surface area contributed by atoms with E-state index >= 15 is 0 Å². The van der Waals surface area contributed by atoms with E-state index in [9.17, 15) is 9.59 Å². The number of hydrogen-bond donors (Lipinski definition) is 0. The second-order valence-corrected chi connectivity index (χ2v) is 5.69. The average molecular weight is 289 g/mol. The predicted molar refractivity (Wildman–Crippen MR) is 85.4 cm³/mol. The Balaban J connectivity index is 1.79. The fraction of sp³-hybridized carbons (Fsp3) is 0.158. The number of Topliss-reactive ketones (excluding diaryl/α,β-unsaturated/α-hetero) is 1. The quantitative estimate of drug-likeness (QED) is 0.682. The van der Waals surface area contributed by atoms with Crippen molar-refractivity contribution in [2.45, 2.75) is 19.3 Å². The Bertz CT molecular complexity index is 905. The van der Waals surface area contributed by atoms with Gasteiger partial charge in [-0.3, -0.25) is 14.2 Å². The molecule has 0 saturated carbocycles. The van der Waals surface area contributed by atoms with Gasteiger partial charge in [0.2, 0.25) is 0 Å². The van der Waals surface area contributed by atoms with Crippen LogP contribution in [0.2, 0.25) is 0 Å². The van der Waals surface area contributed by atoms with E-state index in [1.165, 1.54) is 0 Å². The Hall–Kier alpha value is -2.68. The largest absolute Gasteiger partial charge is 0.294 e. The van der Waals surface area contributed by atoms with E-state index in [1.807, 2.05) is 42.5 Å². The van der Waals surface area contributed by atoms with E-state index < -0.39 is 0 Å². The molecule has 1 aliphatic rings. The van der Waals surface area contributed by atoms with Crippen molar-refractivity contribution in [1.29, 1.82) is 0 Å². The van der Waals surface area contributed by atoms with Gasteiger partial charge in [0.1, 0.15) is 0 Å². The summed E-state index contributed by atoms with van der Waals surface area (Å²) < 4.78 is 1.64. The molecule has 0 radical (unpaired) electrons. The van der Waals surface area contributed by atoms with Crippen molar-refractivity contribution in [3.8, 4) is 0 Å². The molecule has 0 fully saturated rings. The molecular weight excluding hydrogens is 274 g/mol. The standard InChI is InChI=1S/C19H15NO2/c21-18-7-3-6-17-16(18)10-11-20(17)19(22)15-9-8-13-4-1-2-5-14(13)12-15/h1-2,4-5,8-12H,3,6-7H2. The zero-order valence-corrected chi connectivity index (χ0v) is 12.1. The predicted octanol–water partition coefficient (Wildman–Crippen LogP) is 3.85. The van der Waals surface area contributed by atoms with Gasteiger partial charge in [-0.1, -0.05) is 30.3 Å². The monoisotopic (exact) mass is 289 g/mol. The third kappa shape index (κ3) is 1.98. The number of carbonyl (C=O) groups is 2. The van der Waals surface area contributed by atoms with Crippen LogP contribution in [0.15, 0.2) is 54.7 Å². The summed E-state index contributed by atoms with van der Waals surface area (Å²) in [6, 6.07) is 15.5. The molecule has 0 bridgehead atoms. The van der Waals surface area contributed by atoms with Crippen molar-refractivity contribution in [2.24, 2.45) is 0 Å². The number of benzene rings is 2. The first-order valence-corrected chi connectivity index (χ1v) is 7.51. The lowest BCUT2D eigenvalue weighted by Crippen LogP contribution is -2.18. The number of fused-ring (bicyclic) bond motifs is 2. The molecular formula is C19H15NO2. The maximum absolute atomic E-state index is 12.8. The maximum Gasteiger partial charge on any atom is 0.262 e. The first-order chi connectivity index (χ1) is 10.7. The summed E-state index contributed by atoms with van der Waals surface area (Å²) in [5.74, 6) is 0.0769. The van der Waals surface area contributed by atoms with Crippen molar-refractivity contribution in [1.82, 2.24) is 4.57 Å². The Morgan fingerprint density at radius 1 is 0.955 bits per heavy atom. The number of nitrogens with zero attached hydrogens (tertiary/aromatic N) is 1. The van der Waals surface area contributed by atoms with Gasteiger partial charge in [-0.25, -0.2) is 0 Å². The molecule has 0 amide bonds.